The van der Waals surface area contributed by atoms with Crippen molar-refractivity contribution in [3.63, 3.8) is 0 Å². The molecule has 1 heterocycles. The second-order valence-electron chi connectivity index (χ2n) is 4.67. The zero-order valence-electron chi connectivity index (χ0n) is 10.9. The fourth-order valence-corrected chi connectivity index (χ4v) is 3.99. The maximum atomic E-state index is 12.4. The number of alkyl halides is 2. The van der Waals surface area contributed by atoms with Crippen molar-refractivity contribution in [1.29, 1.82) is 0 Å². The third-order valence-electron chi connectivity index (χ3n) is 3.26. The highest BCUT2D eigenvalue weighted by molar-refractivity contribution is 7.89. The predicted octanol–water partition coefficient (Wildman–Crippen LogP) is 1.94. The van der Waals surface area contributed by atoms with E-state index < -0.39 is 16.6 Å². The number of aliphatic hydroxyl groups is 1. The van der Waals surface area contributed by atoms with E-state index in [4.69, 9.17) is 16.7 Å². The van der Waals surface area contributed by atoms with Gasteiger partial charge in [0.15, 0.2) is 0 Å². The van der Waals surface area contributed by atoms with E-state index in [-0.39, 0.29) is 34.7 Å². The normalized spacial score (nSPS) is 20.1. The molecule has 1 aromatic carbocycles. The average Bonchev–Trinajstić information content (AvgIpc) is 2.90. The van der Waals surface area contributed by atoms with Crippen molar-refractivity contribution in [3.8, 4) is 5.75 Å². The topological polar surface area (TPSA) is 66.8 Å². The Morgan fingerprint density at radius 1 is 1.48 bits per heavy atom. The van der Waals surface area contributed by atoms with Crippen LogP contribution in [0.5, 0.6) is 5.75 Å². The van der Waals surface area contributed by atoms with Gasteiger partial charge in [0.2, 0.25) is 10.0 Å². The quantitative estimate of drug-likeness (QED) is 0.889. The summed E-state index contributed by atoms with van der Waals surface area (Å²) in [6, 6.07) is 3.35. The summed E-state index contributed by atoms with van der Waals surface area (Å²) in [6.07, 6.45) is 0.579. The Morgan fingerprint density at radius 3 is 2.71 bits per heavy atom. The smallest absolute Gasteiger partial charge is 0.387 e. The van der Waals surface area contributed by atoms with Crippen LogP contribution in [0.3, 0.4) is 0 Å². The summed E-state index contributed by atoms with van der Waals surface area (Å²) < 4.78 is 54.4. The van der Waals surface area contributed by atoms with Gasteiger partial charge in [-0.25, -0.2) is 8.42 Å². The SMILES string of the molecule is O=S(=O)(c1ccc(OC(F)F)c(Cl)c1)N1CCC(CO)C1. The summed E-state index contributed by atoms with van der Waals surface area (Å²) in [5.41, 5.74) is 0. The van der Waals surface area contributed by atoms with E-state index >= 15 is 0 Å². The molecule has 1 unspecified atom stereocenters. The molecule has 1 saturated heterocycles. The summed E-state index contributed by atoms with van der Waals surface area (Å²) >= 11 is 5.76. The van der Waals surface area contributed by atoms with Gasteiger partial charge in [0.1, 0.15) is 5.75 Å². The van der Waals surface area contributed by atoms with Crippen LogP contribution in [0.25, 0.3) is 0 Å². The van der Waals surface area contributed by atoms with Crippen molar-refractivity contribution in [2.45, 2.75) is 17.9 Å². The molecule has 1 aliphatic heterocycles. The van der Waals surface area contributed by atoms with Crippen LogP contribution in [0.2, 0.25) is 5.02 Å². The highest BCUT2D eigenvalue weighted by Crippen LogP contribution is 2.31. The number of rotatable bonds is 5. The van der Waals surface area contributed by atoms with Crippen molar-refractivity contribution in [2.75, 3.05) is 19.7 Å². The molecule has 0 saturated carbocycles. The van der Waals surface area contributed by atoms with Crippen molar-refractivity contribution < 1.29 is 27.0 Å². The second-order valence-corrected chi connectivity index (χ2v) is 7.02. The van der Waals surface area contributed by atoms with E-state index in [1.54, 1.807) is 0 Å². The molecule has 0 aromatic heterocycles. The maximum Gasteiger partial charge on any atom is 0.387 e. The van der Waals surface area contributed by atoms with E-state index in [2.05, 4.69) is 4.74 Å². The fourth-order valence-electron chi connectivity index (χ4n) is 2.15. The maximum absolute atomic E-state index is 12.4. The fraction of sp³-hybridized carbons (Fsp3) is 0.500. The van der Waals surface area contributed by atoms with Crippen molar-refractivity contribution in [2.24, 2.45) is 5.92 Å². The Morgan fingerprint density at radius 2 is 2.19 bits per heavy atom. The lowest BCUT2D eigenvalue weighted by Crippen LogP contribution is -2.29. The van der Waals surface area contributed by atoms with Crippen LogP contribution in [0, 0.1) is 5.92 Å². The molecule has 5 nitrogen and oxygen atoms in total. The highest BCUT2D eigenvalue weighted by Gasteiger charge is 2.32. The molecule has 118 valence electrons. The Bertz CT molecular complexity index is 611. The van der Waals surface area contributed by atoms with Crippen molar-refractivity contribution in [3.05, 3.63) is 23.2 Å². The summed E-state index contributed by atoms with van der Waals surface area (Å²) in [6.45, 7) is -2.57. The van der Waals surface area contributed by atoms with E-state index in [1.165, 1.54) is 10.4 Å². The standard InChI is InChI=1S/C12H14ClF2NO4S/c13-10-5-9(1-2-11(10)20-12(14)15)21(18,19)16-4-3-8(6-16)7-17/h1-2,5,8,12,17H,3-4,6-7H2. The number of ether oxygens (including phenoxy) is 1. The van der Waals surface area contributed by atoms with Crippen LogP contribution in [-0.4, -0.2) is 44.1 Å². The molecule has 1 N–H and O–H groups in total. The monoisotopic (exact) mass is 341 g/mol. The van der Waals surface area contributed by atoms with Gasteiger partial charge in [0.05, 0.1) is 9.92 Å². The molecule has 1 aromatic rings. The number of sulfonamides is 1. The van der Waals surface area contributed by atoms with Gasteiger partial charge in [-0.3, -0.25) is 0 Å². The highest BCUT2D eigenvalue weighted by atomic mass is 35.5. The molecule has 1 fully saturated rings. The first-order valence-corrected chi connectivity index (χ1v) is 8.01. The molecule has 1 atom stereocenters. The number of hydrogen-bond donors (Lipinski definition) is 1. The zero-order valence-corrected chi connectivity index (χ0v) is 12.4. The summed E-state index contributed by atoms with van der Waals surface area (Å²) in [4.78, 5) is -0.0901. The number of benzene rings is 1. The van der Waals surface area contributed by atoms with Crippen molar-refractivity contribution >= 4 is 21.6 Å². The van der Waals surface area contributed by atoms with Gasteiger partial charge in [0.25, 0.3) is 0 Å². The molecular weight excluding hydrogens is 328 g/mol. The predicted molar refractivity (Wildman–Crippen MR) is 72.0 cm³/mol. The summed E-state index contributed by atoms with van der Waals surface area (Å²) in [5.74, 6) is -0.364. The Kier molecular flexibility index (Phi) is 5.03. The van der Waals surface area contributed by atoms with E-state index in [9.17, 15) is 17.2 Å². The summed E-state index contributed by atoms with van der Waals surface area (Å²) in [5, 5.41) is 8.85. The van der Waals surface area contributed by atoms with Crippen LogP contribution in [0.4, 0.5) is 8.78 Å². The van der Waals surface area contributed by atoms with Crippen LogP contribution < -0.4 is 4.74 Å². The Hall–Kier alpha value is -0.960. The average molecular weight is 342 g/mol. The van der Waals surface area contributed by atoms with Crippen LogP contribution in [0.1, 0.15) is 6.42 Å². The summed E-state index contributed by atoms with van der Waals surface area (Å²) in [7, 11) is -3.75. The minimum Gasteiger partial charge on any atom is -0.433 e. The van der Waals surface area contributed by atoms with Crippen LogP contribution >= 0.6 is 11.6 Å². The first-order chi connectivity index (χ1) is 9.84. The minimum atomic E-state index is -3.75. The molecule has 21 heavy (non-hydrogen) atoms. The van der Waals surface area contributed by atoms with Crippen LogP contribution in [-0.2, 0) is 10.0 Å². The van der Waals surface area contributed by atoms with E-state index in [0.717, 1.165) is 12.1 Å². The number of nitrogens with zero attached hydrogens (tertiary/aromatic N) is 1. The molecule has 0 radical (unpaired) electrons. The Balaban J connectivity index is 2.23. The van der Waals surface area contributed by atoms with Crippen molar-refractivity contribution in [1.82, 2.24) is 4.31 Å². The molecular formula is C12H14ClF2NO4S. The Labute approximate surface area is 126 Å². The molecule has 0 aliphatic carbocycles. The number of hydrogen-bond acceptors (Lipinski definition) is 4. The molecule has 9 heteroatoms. The molecule has 0 amide bonds. The van der Waals surface area contributed by atoms with Gasteiger partial charge in [-0.1, -0.05) is 11.6 Å². The zero-order chi connectivity index (χ0) is 15.6. The van der Waals surface area contributed by atoms with E-state index in [1.807, 2.05) is 0 Å². The number of aliphatic hydroxyl groups excluding tert-OH is 1. The third kappa shape index (κ3) is 3.63. The second kappa shape index (κ2) is 6.43. The van der Waals surface area contributed by atoms with Gasteiger partial charge >= 0.3 is 6.61 Å². The lowest BCUT2D eigenvalue weighted by Gasteiger charge is -2.17. The lowest BCUT2D eigenvalue weighted by atomic mass is 10.1. The first-order valence-electron chi connectivity index (χ1n) is 6.20. The van der Waals surface area contributed by atoms with E-state index in [0.29, 0.717) is 13.0 Å². The van der Waals surface area contributed by atoms with Gasteiger partial charge in [0, 0.05) is 19.7 Å². The molecule has 1 aliphatic rings. The molecule has 2 rings (SSSR count). The lowest BCUT2D eigenvalue weighted by molar-refractivity contribution is -0.0498. The van der Waals surface area contributed by atoms with Gasteiger partial charge in [-0.15, -0.1) is 0 Å². The molecule has 0 spiro atoms. The van der Waals surface area contributed by atoms with Crippen LogP contribution in [0.15, 0.2) is 23.1 Å². The first kappa shape index (κ1) is 16.4. The number of halogens is 3. The van der Waals surface area contributed by atoms with Gasteiger partial charge in [-0.2, -0.15) is 13.1 Å². The largest absolute Gasteiger partial charge is 0.433 e. The third-order valence-corrected chi connectivity index (χ3v) is 5.42. The molecule has 0 bridgehead atoms. The van der Waals surface area contributed by atoms with Gasteiger partial charge < -0.3 is 9.84 Å². The van der Waals surface area contributed by atoms with Gasteiger partial charge in [-0.05, 0) is 30.5 Å². The minimum absolute atomic E-state index is 0.0755.